The molecule has 0 atom stereocenters. The van der Waals surface area contributed by atoms with Gasteiger partial charge in [-0.25, -0.2) is 31.0 Å². The maximum Gasteiger partial charge on any atom is 0.267 e. The standard InChI is InChI=1S/C21H14F4N4O2S/c1-12(10-13-11-27-28-21(13)26-2)6-7-14-15(22)8-9-18(19(14)25)29-32(30,31)20-16(23)4-3-5-17(20)24/h3-5,8-11,29H,2H2,1H3,(H,27,28)/b12-10+. The van der Waals surface area contributed by atoms with Crippen molar-refractivity contribution in [2.75, 3.05) is 4.72 Å². The summed E-state index contributed by atoms with van der Waals surface area (Å²) in [5.41, 5.74) is -0.537. The molecule has 164 valence electrons. The van der Waals surface area contributed by atoms with Crippen molar-refractivity contribution in [3.05, 3.63) is 76.5 Å². The second-order valence-electron chi connectivity index (χ2n) is 6.35. The third-order valence-corrected chi connectivity index (χ3v) is 5.50. The number of H-pyrrole nitrogens is 1. The minimum absolute atomic E-state index is 0.375. The first-order valence-corrected chi connectivity index (χ1v) is 10.3. The minimum Gasteiger partial charge on any atom is -0.276 e. The number of sulfonamides is 1. The highest BCUT2D eigenvalue weighted by Gasteiger charge is 2.26. The Bertz CT molecular complexity index is 1380. The number of nitrogens with one attached hydrogen (secondary N) is 2. The monoisotopic (exact) mass is 462 g/mol. The van der Waals surface area contributed by atoms with Crippen LogP contribution in [0.25, 0.3) is 6.08 Å². The van der Waals surface area contributed by atoms with Gasteiger partial charge in [-0.2, -0.15) is 5.10 Å². The number of nitrogens with zero attached hydrogens (tertiary/aromatic N) is 2. The minimum atomic E-state index is -4.85. The number of hydrogen-bond donors (Lipinski definition) is 2. The lowest BCUT2D eigenvalue weighted by atomic mass is 10.1. The molecule has 3 rings (SSSR count). The number of benzene rings is 2. The second-order valence-corrected chi connectivity index (χ2v) is 7.97. The molecule has 2 aromatic carbocycles. The molecule has 3 aromatic rings. The van der Waals surface area contributed by atoms with E-state index in [1.54, 1.807) is 17.7 Å². The van der Waals surface area contributed by atoms with Gasteiger partial charge in [-0.15, -0.1) is 0 Å². The Balaban J connectivity index is 1.97. The molecular formula is C21H14F4N4O2S. The maximum atomic E-state index is 14.8. The van der Waals surface area contributed by atoms with Crippen LogP contribution in [-0.4, -0.2) is 25.3 Å². The Hall–Kier alpha value is -3.91. The Morgan fingerprint density at radius 2 is 1.84 bits per heavy atom. The molecule has 0 spiro atoms. The molecule has 0 saturated heterocycles. The van der Waals surface area contributed by atoms with Crippen molar-refractivity contribution in [2.24, 2.45) is 4.99 Å². The molecule has 11 heteroatoms. The summed E-state index contributed by atoms with van der Waals surface area (Å²) in [5.74, 6) is 0.0717. The molecule has 6 nitrogen and oxygen atoms in total. The predicted octanol–water partition coefficient (Wildman–Crippen LogP) is 4.55. The molecule has 0 bridgehead atoms. The van der Waals surface area contributed by atoms with Crippen LogP contribution in [0.15, 0.2) is 52.0 Å². The third kappa shape index (κ3) is 4.70. The van der Waals surface area contributed by atoms with E-state index >= 15 is 0 Å². The van der Waals surface area contributed by atoms with Gasteiger partial charge in [0, 0.05) is 11.1 Å². The van der Waals surface area contributed by atoms with E-state index < -0.39 is 49.4 Å². The zero-order valence-corrected chi connectivity index (χ0v) is 17.2. The van der Waals surface area contributed by atoms with Gasteiger partial charge < -0.3 is 0 Å². The second kappa shape index (κ2) is 9.07. The summed E-state index contributed by atoms with van der Waals surface area (Å²) in [5, 5.41) is 6.38. The molecule has 1 aromatic heterocycles. The van der Waals surface area contributed by atoms with Crippen LogP contribution in [-0.2, 0) is 10.0 Å². The fraction of sp³-hybridized carbons (Fsp3) is 0.0476. The molecule has 0 unspecified atom stereocenters. The number of hydrogen-bond acceptors (Lipinski definition) is 4. The van der Waals surface area contributed by atoms with Gasteiger partial charge in [0.25, 0.3) is 10.0 Å². The van der Waals surface area contributed by atoms with E-state index in [-0.39, 0.29) is 0 Å². The van der Waals surface area contributed by atoms with Crippen LogP contribution < -0.4 is 4.72 Å². The molecule has 1 heterocycles. The van der Waals surface area contributed by atoms with E-state index in [1.807, 2.05) is 0 Å². The molecule has 0 aliphatic heterocycles. The number of aromatic nitrogens is 2. The van der Waals surface area contributed by atoms with Crippen LogP contribution >= 0.6 is 0 Å². The predicted molar refractivity (Wildman–Crippen MR) is 112 cm³/mol. The van der Waals surface area contributed by atoms with Gasteiger partial charge in [0.1, 0.15) is 17.5 Å². The number of allylic oxidation sites excluding steroid dienone is 1. The highest BCUT2D eigenvalue weighted by atomic mass is 32.2. The molecular weight excluding hydrogens is 448 g/mol. The van der Waals surface area contributed by atoms with Crippen molar-refractivity contribution >= 4 is 34.3 Å². The van der Waals surface area contributed by atoms with Crippen molar-refractivity contribution in [3.63, 3.8) is 0 Å². The van der Waals surface area contributed by atoms with Gasteiger partial charge in [0.15, 0.2) is 16.5 Å². The average Bonchev–Trinajstić information content (AvgIpc) is 3.16. The molecule has 0 fully saturated rings. The van der Waals surface area contributed by atoms with Crippen LogP contribution in [0.5, 0.6) is 0 Å². The molecule has 2 N–H and O–H groups in total. The van der Waals surface area contributed by atoms with Gasteiger partial charge in [-0.1, -0.05) is 17.9 Å². The van der Waals surface area contributed by atoms with Crippen molar-refractivity contribution in [3.8, 4) is 11.8 Å². The topological polar surface area (TPSA) is 87.2 Å². The summed E-state index contributed by atoms with van der Waals surface area (Å²) in [7, 11) is -4.85. The lowest BCUT2D eigenvalue weighted by Crippen LogP contribution is -2.17. The normalized spacial score (nSPS) is 11.6. The fourth-order valence-corrected chi connectivity index (χ4v) is 3.83. The quantitative estimate of drug-likeness (QED) is 0.331. The summed E-state index contributed by atoms with van der Waals surface area (Å²) >= 11 is 0. The van der Waals surface area contributed by atoms with E-state index in [0.717, 1.165) is 30.3 Å². The molecule has 0 saturated carbocycles. The van der Waals surface area contributed by atoms with Crippen molar-refractivity contribution in [1.82, 2.24) is 10.2 Å². The Kier molecular flexibility index (Phi) is 6.45. The van der Waals surface area contributed by atoms with Gasteiger partial charge in [-0.05, 0) is 44.0 Å². The van der Waals surface area contributed by atoms with E-state index in [9.17, 15) is 26.0 Å². The number of aromatic amines is 1. The Labute approximate surface area is 180 Å². The van der Waals surface area contributed by atoms with Gasteiger partial charge in [0.2, 0.25) is 0 Å². The third-order valence-electron chi connectivity index (χ3n) is 4.09. The summed E-state index contributed by atoms with van der Waals surface area (Å²) in [6.45, 7) is 4.94. The number of aliphatic imine (C=N–C) groups is 1. The summed E-state index contributed by atoms with van der Waals surface area (Å²) in [6.07, 6.45) is 3.00. The Morgan fingerprint density at radius 3 is 2.50 bits per heavy atom. The van der Waals surface area contributed by atoms with Crippen LogP contribution in [0.2, 0.25) is 0 Å². The lowest BCUT2D eigenvalue weighted by molar-refractivity contribution is 0.520. The van der Waals surface area contributed by atoms with E-state index in [1.165, 1.54) is 6.20 Å². The molecule has 0 aliphatic rings. The van der Waals surface area contributed by atoms with E-state index in [0.29, 0.717) is 17.0 Å². The molecule has 32 heavy (non-hydrogen) atoms. The zero-order chi connectivity index (χ0) is 23.5. The Morgan fingerprint density at radius 1 is 1.16 bits per heavy atom. The summed E-state index contributed by atoms with van der Waals surface area (Å²) in [4.78, 5) is 2.42. The summed E-state index contributed by atoms with van der Waals surface area (Å²) in [6, 6.07) is 4.00. The highest BCUT2D eigenvalue weighted by Crippen LogP contribution is 2.26. The number of halogens is 4. The van der Waals surface area contributed by atoms with Crippen LogP contribution in [0, 0.1) is 35.1 Å². The average molecular weight is 462 g/mol. The van der Waals surface area contributed by atoms with Crippen molar-refractivity contribution in [1.29, 1.82) is 0 Å². The van der Waals surface area contributed by atoms with Crippen molar-refractivity contribution < 1.29 is 26.0 Å². The largest absolute Gasteiger partial charge is 0.276 e. The van der Waals surface area contributed by atoms with Gasteiger partial charge in [-0.3, -0.25) is 9.82 Å². The maximum absolute atomic E-state index is 14.8. The zero-order valence-electron chi connectivity index (χ0n) is 16.4. The first kappa shape index (κ1) is 22.8. The van der Waals surface area contributed by atoms with Gasteiger partial charge in [0.05, 0.1) is 17.4 Å². The first-order chi connectivity index (χ1) is 15.1. The van der Waals surface area contributed by atoms with Crippen molar-refractivity contribution in [2.45, 2.75) is 11.8 Å². The summed E-state index contributed by atoms with van der Waals surface area (Å²) < 4.78 is 83.2. The van der Waals surface area contributed by atoms with Crippen LogP contribution in [0.1, 0.15) is 18.1 Å². The number of rotatable bonds is 5. The van der Waals surface area contributed by atoms with Crippen LogP contribution in [0.4, 0.5) is 29.1 Å². The van der Waals surface area contributed by atoms with E-state index in [2.05, 4.69) is 33.7 Å². The van der Waals surface area contributed by atoms with Crippen LogP contribution in [0.3, 0.4) is 0 Å². The molecule has 0 radical (unpaired) electrons. The SMILES string of the molecule is C=Nc1[nH]ncc1/C=C(\C)C#Cc1c(F)ccc(NS(=O)(=O)c2c(F)cccc2F)c1F. The highest BCUT2D eigenvalue weighted by molar-refractivity contribution is 7.92. The first-order valence-electron chi connectivity index (χ1n) is 8.79. The van der Waals surface area contributed by atoms with Gasteiger partial charge >= 0.3 is 0 Å². The molecule has 0 amide bonds. The fourth-order valence-electron chi connectivity index (χ4n) is 2.63. The smallest absolute Gasteiger partial charge is 0.267 e. The molecule has 0 aliphatic carbocycles. The lowest BCUT2D eigenvalue weighted by Gasteiger charge is -2.11. The van der Waals surface area contributed by atoms with E-state index in [4.69, 9.17) is 0 Å². The number of anilines is 1.